The van der Waals surface area contributed by atoms with Crippen LogP contribution in [-0.4, -0.2) is 55.2 Å². The van der Waals surface area contributed by atoms with Gasteiger partial charge in [0.2, 0.25) is 5.91 Å². The van der Waals surface area contributed by atoms with E-state index in [0.29, 0.717) is 17.9 Å². The van der Waals surface area contributed by atoms with Crippen LogP contribution in [0.4, 0.5) is 11.5 Å². The maximum Gasteiger partial charge on any atom is 0.239 e. The summed E-state index contributed by atoms with van der Waals surface area (Å²) in [6, 6.07) is 18.4. The van der Waals surface area contributed by atoms with Crippen LogP contribution in [-0.2, 0) is 4.79 Å². The van der Waals surface area contributed by atoms with Gasteiger partial charge in [-0.1, -0.05) is 12.1 Å². The molecular weight excluding hydrogens is 426 g/mol. The molecule has 4 rings (SSSR count). The third-order valence-corrected chi connectivity index (χ3v) is 6.52. The topological polar surface area (TPSA) is 73.5 Å². The lowest BCUT2D eigenvalue weighted by Crippen LogP contribution is -2.48. The zero-order valence-corrected chi connectivity index (χ0v) is 20.3. The minimum atomic E-state index is -0.118. The van der Waals surface area contributed by atoms with Gasteiger partial charge in [0.15, 0.2) is 0 Å². The SMILES string of the molecule is COc1ccc(-n2c(C)c(C)c(C#N)c2NC(=O)CN2CCN(c3cccc(C)c3)CC2)cc1. The zero-order chi connectivity index (χ0) is 24.2. The van der Waals surface area contributed by atoms with Gasteiger partial charge in [0, 0.05) is 43.2 Å². The molecular formula is C27H31N5O2. The van der Waals surface area contributed by atoms with Crippen LogP contribution >= 0.6 is 0 Å². The molecule has 0 saturated carbocycles. The summed E-state index contributed by atoms with van der Waals surface area (Å²) < 4.78 is 7.20. The lowest BCUT2D eigenvalue weighted by Gasteiger charge is -2.35. The van der Waals surface area contributed by atoms with Crippen molar-refractivity contribution in [3.8, 4) is 17.5 Å². The van der Waals surface area contributed by atoms with Crippen LogP contribution in [0.25, 0.3) is 5.69 Å². The first-order valence-corrected chi connectivity index (χ1v) is 11.5. The highest BCUT2D eigenvalue weighted by atomic mass is 16.5. The molecule has 7 heteroatoms. The Morgan fingerprint density at radius 2 is 1.74 bits per heavy atom. The molecule has 1 aliphatic rings. The molecule has 1 aliphatic heterocycles. The van der Waals surface area contributed by atoms with Crippen LogP contribution in [0.5, 0.6) is 5.75 Å². The molecule has 34 heavy (non-hydrogen) atoms. The second kappa shape index (κ2) is 10.0. The predicted molar refractivity (Wildman–Crippen MR) is 135 cm³/mol. The van der Waals surface area contributed by atoms with Crippen molar-refractivity contribution >= 4 is 17.4 Å². The molecule has 3 aromatic rings. The molecule has 1 amide bonds. The molecule has 1 fully saturated rings. The molecule has 0 unspecified atom stereocenters. The Bertz CT molecular complexity index is 1220. The fourth-order valence-corrected chi connectivity index (χ4v) is 4.48. The summed E-state index contributed by atoms with van der Waals surface area (Å²) >= 11 is 0. The largest absolute Gasteiger partial charge is 0.497 e. The highest BCUT2D eigenvalue weighted by molar-refractivity contribution is 5.93. The quantitative estimate of drug-likeness (QED) is 0.605. The first kappa shape index (κ1) is 23.4. The van der Waals surface area contributed by atoms with E-state index in [4.69, 9.17) is 4.74 Å². The maximum atomic E-state index is 13.0. The van der Waals surface area contributed by atoms with Gasteiger partial charge < -0.3 is 15.0 Å². The van der Waals surface area contributed by atoms with E-state index in [1.54, 1.807) is 7.11 Å². The average molecular weight is 458 g/mol. The lowest BCUT2D eigenvalue weighted by atomic mass is 10.2. The van der Waals surface area contributed by atoms with Gasteiger partial charge in [-0.15, -0.1) is 0 Å². The van der Waals surface area contributed by atoms with Crippen LogP contribution in [0.3, 0.4) is 0 Å². The second-order valence-corrected chi connectivity index (χ2v) is 8.73. The van der Waals surface area contributed by atoms with E-state index in [2.05, 4.69) is 52.4 Å². The molecule has 7 nitrogen and oxygen atoms in total. The number of nitrogens with one attached hydrogen (secondary N) is 1. The first-order valence-electron chi connectivity index (χ1n) is 11.5. The van der Waals surface area contributed by atoms with Crippen molar-refractivity contribution in [1.82, 2.24) is 9.47 Å². The van der Waals surface area contributed by atoms with Gasteiger partial charge in [0.1, 0.15) is 17.6 Å². The van der Waals surface area contributed by atoms with Gasteiger partial charge in [-0.3, -0.25) is 14.3 Å². The van der Waals surface area contributed by atoms with Crippen LogP contribution in [0, 0.1) is 32.1 Å². The van der Waals surface area contributed by atoms with E-state index in [1.165, 1.54) is 11.3 Å². The summed E-state index contributed by atoms with van der Waals surface area (Å²) in [5.74, 6) is 1.15. The lowest BCUT2D eigenvalue weighted by molar-refractivity contribution is -0.117. The highest BCUT2D eigenvalue weighted by Gasteiger charge is 2.23. The van der Waals surface area contributed by atoms with Gasteiger partial charge in [-0.25, -0.2) is 0 Å². The van der Waals surface area contributed by atoms with Crippen molar-refractivity contribution in [1.29, 1.82) is 5.26 Å². The number of rotatable bonds is 6. The van der Waals surface area contributed by atoms with Crippen molar-refractivity contribution in [2.45, 2.75) is 20.8 Å². The number of hydrogen-bond donors (Lipinski definition) is 1. The smallest absolute Gasteiger partial charge is 0.239 e. The number of benzene rings is 2. The number of aryl methyl sites for hydroxylation is 1. The molecule has 176 valence electrons. The van der Waals surface area contributed by atoms with E-state index < -0.39 is 0 Å². The summed E-state index contributed by atoms with van der Waals surface area (Å²) in [6.45, 7) is 9.63. The van der Waals surface area contributed by atoms with E-state index in [-0.39, 0.29) is 5.91 Å². The van der Waals surface area contributed by atoms with Gasteiger partial charge in [-0.05, 0) is 68.3 Å². The van der Waals surface area contributed by atoms with Crippen molar-refractivity contribution in [3.05, 3.63) is 70.9 Å². The van der Waals surface area contributed by atoms with Gasteiger partial charge in [-0.2, -0.15) is 5.26 Å². The van der Waals surface area contributed by atoms with Gasteiger partial charge >= 0.3 is 0 Å². The molecule has 0 spiro atoms. The fraction of sp³-hybridized carbons (Fsp3) is 0.333. The van der Waals surface area contributed by atoms with Crippen molar-refractivity contribution in [3.63, 3.8) is 0 Å². The van der Waals surface area contributed by atoms with Crippen molar-refractivity contribution in [2.75, 3.05) is 50.1 Å². The minimum Gasteiger partial charge on any atom is -0.497 e. The fourth-order valence-electron chi connectivity index (χ4n) is 4.48. The Balaban J connectivity index is 1.47. The monoisotopic (exact) mass is 457 g/mol. The van der Waals surface area contributed by atoms with Gasteiger partial charge in [0.25, 0.3) is 0 Å². The molecule has 2 heterocycles. The Hall–Kier alpha value is -3.76. The Kier molecular flexibility index (Phi) is 6.90. The Morgan fingerprint density at radius 1 is 1.03 bits per heavy atom. The summed E-state index contributed by atoms with van der Waals surface area (Å²) in [4.78, 5) is 17.6. The van der Waals surface area contributed by atoms with Crippen LogP contribution < -0.4 is 15.0 Å². The number of amides is 1. The molecule has 0 bridgehead atoms. The van der Waals surface area contributed by atoms with Crippen LogP contribution in [0.2, 0.25) is 0 Å². The first-order chi connectivity index (χ1) is 16.4. The number of methoxy groups -OCH3 is 1. The van der Waals surface area contributed by atoms with E-state index >= 15 is 0 Å². The zero-order valence-electron chi connectivity index (χ0n) is 20.3. The second-order valence-electron chi connectivity index (χ2n) is 8.73. The van der Waals surface area contributed by atoms with Crippen molar-refractivity contribution in [2.24, 2.45) is 0 Å². The van der Waals surface area contributed by atoms with Crippen molar-refractivity contribution < 1.29 is 9.53 Å². The van der Waals surface area contributed by atoms with Crippen LogP contribution in [0.1, 0.15) is 22.4 Å². The summed E-state index contributed by atoms with van der Waals surface area (Å²) in [7, 11) is 1.63. The number of carbonyl (C=O) groups is 1. The number of hydrogen-bond acceptors (Lipinski definition) is 5. The number of aromatic nitrogens is 1. The molecule has 0 radical (unpaired) electrons. The summed E-state index contributed by atoms with van der Waals surface area (Å²) in [5, 5.41) is 12.8. The number of piperazine rings is 1. The number of carbonyl (C=O) groups excluding carboxylic acids is 1. The third kappa shape index (κ3) is 4.78. The molecule has 1 aromatic heterocycles. The number of nitrogens with zero attached hydrogens (tertiary/aromatic N) is 4. The minimum absolute atomic E-state index is 0.118. The highest BCUT2D eigenvalue weighted by Crippen LogP contribution is 2.30. The maximum absolute atomic E-state index is 13.0. The number of nitriles is 1. The third-order valence-electron chi connectivity index (χ3n) is 6.52. The summed E-state index contributed by atoms with van der Waals surface area (Å²) in [6.07, 6.45) is 0. The van der Waals surface area contributed by atoms with E-state index in [0.717, 1.165) is 48.9 Å². The van der Waals surface area contributed by atoms with E-state index in [1.807, 2.05) is 42.7 Å². The molecule has 1 saturated heterocycles. The normalized spacial score (nSPS) is 14.0. The molecule has 0 atom stereocenters. The molecule has 2 aromatic carbocycles. The Labute approximate surface area is 201 Å². The molecule has 1 N–H and O–H groups in total. The number of anilines is 2. The predicted octanol–water partition coefficient (Wildman–Crippen LogP) is 4.04. The van der Waals surface area contributed by atoms with Crippen LogP contribution in [0.15, 0.2) is 48.5 Å². The molecule has 0 aliphatic carbocycles. The standard InChI is InChI=1S/C27H31N5O2/c1-19-6-5-7-23(16-19)31-14-12-30(13-15-31)18-26(33)29-27-25(17-28)20(2)21(3)32(27)22-8-10-24(34-4)11-9-22/h5-11,16H,12-15,18H2,1-4H3,(H,29,33). The van der Waals surface area contributed by atoms with E-state index in [9.17, 15) is 10.1 Å². The average Bonchev–Trinajstić information content (AvgIpc) is 3.08. The number of ether oxygens (including phenoxy) is 1. The summed E-state index contributed by atoms with van der Waals surface area (Å²) in [5.41, 5.74) is 5.61. The Morgan fingerprint density at radius 3 is 2.35 bits per heavy atom. The van der Waals surface area contributed by atoms with Gasteiger partial charge in [0.05, 0.1) is 19.2 Å².